The van der Waals surface area contributed by atoms with Gasteiger partial charge in [-0.2, -0.15) is 10.1 Å². The molecule has 0 saturated carbocycles. The molecule has 2 aromatic rings. The van der Waals surface area contributed by atoms with Gasteiger partial charge in [0.05, 0.1) is 6.10 Å². The molecular formula is C20H24N4O2. The van der Waals surface area contributed by atoms with E-state index in [0.717, 1.165) is 29.0 Å². The van der Waals surface area contributed by atoms with E-state index in [1.54, 1.807) is 4.68 Å². The summed E-state index contributed by atoms with van der Waals surface area (Å²) in [6, 6.07) is 7.64. The number of ketones is 1. The lowest BCUT2D eigenvalue weighted by molar-refractivity contribution is -0.118. The molecule has 0 amide bonds. The number of fused-ring (bicyclic) bond motifs is 1. The molecule has 1 N–H and O–H groups in total. The Morgan fingerprint density at radius 3 is 2.88 bits per heavy atom. The first-order valence-corrected chi connectivity index (χ1v) is 9.03. The summed E-state index contributed by atoms with van der Waals surface area (Å²) in [5, 5.41) is 7.71. The number of nitrogens with zero attached hydrogens (tertiary/aromatic N) is 3. The van der Waals surface area contributed by atoms with Crippen molar-refractivity contribution < 1.29 is 9.53 Å². The summed E-state index contributed by atoms with van der Waals surface area (Å²) < 4.78 is 7.64. The first-order valence-electron chi connectivity index (χ1n) is 9.03. The minimum absolute atomic E-state index is 0.0573. The number of hydrogen-bond donors (Lipinski definition) is 1. The van der Waals surface area contributed by atoms with E-state index < -0.39 is 0 Å². The van der Waals surface area contributed by atoms with Gasteiger partial charge in [-0.1, -0.05) is 26.0 Å². The van der Waals surface area contributed by atoms with Crippen molar-refractivity contribution in [3.63, 3.8) is 0 Å². The van der Waals surface area contributed by atoms with E-state index in [0.29, 0.717) is 12.4 Å². The molecule has 4 rings (SSSR count). The Hall–Kier alpha value is -2.63. The average Bonchev–Trinajstić information content (AvgIpc) is 2.99. The first-order chi connectivity index (χ1) is 12.3. The lowest BCUT2D eigenvalue weighted by atomic mass is 9.73. The summed E-state index contributed by atoms with van der Waals surface area (Å²) in [5.74, 6) is 1.64. The van der Waals surface area contributed by atoms with Crippen molar-refractivity contribution in [3.05, 3.63) is 47.4 Å². The fourth-order valence-corrected chi connectivity index (χ4v) is 3.89. The SMILES string of the molecule is CC(C)Oc1cccc(C2C3=C(CC(C)(C)CC3=O)Nc3ncnn32)c1. The predicted octanol–water partition coefficient (Wildman–Crippen LogP) is 3.72. The van der Waals surface area contributed by atoms with Gasteiger partial charge in [0.25, 0.3) is 0 Å². The molecule has 26 heavy (non-hydrogen) atoms. The maximum Gasteiger partial charge on any atom is 0.226 e. The van der Waals surface area contributed by atoms with Crippen LogP contribution < -0.4 is 10.1 Å². The van der Waals surface area contributed by atoms with Gasteiger partial charge in [0.15, 0.2) is 5.78 Å². The molecule has 0 saturated heterocycles. The van der Waals surface area contributed by atoms with Crippen LogP contribution in [0.15, 0.2) is 41.9 Å². The third-order valence-corrected chi connectivity index (χ3v) is 4.82. The van der Waals surface area contributed by atoms with E-state index in [4.69, 9.17) is 4.74 Å². The molecule has 1 aromatic heterocycles. The maximum absolute atomic E-state index is 13.0. The Bertz CT molecular complexity index is 895. The summed E-state index contributed by atoms with van der Waals surface area (Å²) >= 11 is 0. The standard InChI is InChI=1S/C20H24N4O2/c1-12(2)26-14-7-5-6-13(8-14)18-17-15(9-20(3,4)10-16(17)25)23-19-21-11-22-24(18)19/h5-8,11-12,18H,9-10H2,1-4H3,(H,21,22,23). The van der Waals surface area contributed by atoms with Crippen LogP contribution >= 0.6 is 0 Å². The molecule has 0 bridgehead atoms. The number of allylic oxidation sites excluding steroid dienone is 2. The van der Waals surface area contributed by atoms with Crippen LogP contribution in [0.4, 0.5) is 5.95 Å². The van der Waals surface area contributed by atoms with Crippen LogP contribution in [0.25, 0.3) is 0 Å². The zero-order valence-electron chi connectivity index (χ0n) is 15.6. The van der Waals surface area contributed by atoms with Crippen molar-refractivity contribution in [1.82, 2.24) is 14.8 Å². The molecular weight excluding hydrogens is 328 g/mol. The highest BCUT2D eigenvalue weighted by Gasteiger charge is 2.41. The topological polar surface area (TPSA) is 69.0 Å². The van der Waals surface area contributed by atoms with Gasteiger partial charge in [0.1, 0.15) is 18.1 Å². The second-order valence-corrected chi connectivity index (χ2v) is 8.13. The number of hydrogen-bond acceptors (Lipinski definition) is 5. The van der Waals surface area contributed by atoms with E-state index in [2.05, 4.69) is 29.2 Å². The number of benzene rings is 1. The molecule has 136 valence electrons. The highest BCUT2D eigenvalue weighted by molar-refractivity contribution is 6.00. The zero-order chi connectivity index (χ0) is 18.5. The van der Waals surface area contributed by atoms with Crippen molar-refractivity contribution in [2.75, 3.05) is 5.32 Å². The molecule has 1 atom stereocenters. The van der Waals surface area contributed by atoms with Crippen LogP contribution in [-0.4, -0.2) is 26.7 Å². The molecule has 0 radical (unpaired) electrons. The van der Waals surface area contributed by atoms with Crippen molar-refractivity contribution in [2.45, 2.75) is 52.7 Å². The predicted molar refractivity (Wildman–Crippen MR) is 99.0 cm³/mol. The number of Topliss-reactive ketones (excluding diaryl/α,β-unsaturated/α-hetero) is 1. The number of carbonyl (C=O) groups is 1. The molecule has 1 aromatic carbocycles. The molecule has 1 aliphatic carbocycles. The molecule has 1 aliphatic heterocycles. The number of anilines is 1. The van der Waals surface area contributed by atoms with Gasteiger partial charge < -0.3 is 10.1 Å². The quantitative estimate of drug-likeness (QED) is 0.912. The van der Waals surface area contributed by atoms with Gasteiger partial charge in [-0.3, -0.25) is 4.79 Å². The van der Waals surface area contributed by atoms with E-state index in [1.165, 1.54) is 6.33 Å². The van der Waals surface area contributed by atoms with Crippen molar-refractivity contribution in [2.24, 2.45) is 5.41 Å². The maximum atomic E-state index is 13.0. The molecule has 0 spiro atoms. The van der Waals surface area contributed by atoms with Gasteiger partial charge in [0.2, 0.25) is 5.95 Å². The highest BCUT2D eigenvalue weighted by Crippen LogP contribution is 2.45. The van der Waals surface area contributed by atoms with E-state index in [9.17, 15) is 4.79 Å². The van der Waals surface area contributed by atoms with Crippen LogP contribution in [0.1, 0.15) is 52.1 Å². The number of carbonyl (C=O) groups excluding carboxylic acids is 1. The Morgan fingerprint density at radius 2 is 2.12 bits per heavy atom. The summed E-state index contributed by atoms with van der Waals surface area (Å²) in [7, 11) is 0. The minimum atomic E-state index is -0.275. The van der Waals surface area contributed by atoms with Gasteiger partial charge in [-0.15, -0.1) is 0 Å². The Kier molecular flexibility index (Phi) is 3.86. The fourth-order valence-electron chi connectivity index (χ4n) is 3.89. The Morgan fingerprint density at radius 1 is 1.31 bits per heavy atom. The molecule has 6 heteroatoms. The average molecular weight is 352 g/mol. The van der Waals surface area contributed by atoms with Crippen molar-refractivity contribution >= 4 is 11.7 Å². The van der Waals surface area contributed by atoms with Crippen molar-refractivity contribution in [3.8, 4) is 5.75 Å². The van der Waals surface area contributed by atoms with Gasteiger partial charge in [-0.05, 0) is 43.4 Å². The summed E-state index contributed by atoms with van der Waals surface area (Å²) in [6.07, 6.45) is 2.97. The van der Waals surface area contributed by atoms with Crippen LogP contribution in [0.5, 0.6) is 5.75 Å². The Labute approximate surface area is 153 Å². The molecule has 2 heterocycles. The molecule has 6 nitrogen and oxygen atoms in total. The summed E-state index contributed by atoms with van der Waals surface area (Å²) in [4.78, 5) is 17.4. The summed E-state index contributed by atoms with van der Waals surface area (Å²) in [5.41, 5.74) is 2.69. The number of ether oxygens (including phenoxy) is 1. The third-order valence-electron chi connectivity index (χ3n) is 4.82. The third kappa shape index (κ3) is 2.89. The number of nitrogens with one attached hydrogen (secondary N) is 1. The minimum Gasteiger partial charge on any atom is -0.491 e. The van der Waals surface area contributed by atoms with Gasteiger partial charge >= 0.3 is 0 Å². The van der Waals surface area contributed by atoms with E-state index in [1.807, 2.05) is 38.1 Å². The highest BCUT2D eigenvalue weighted by atomic mass is 16.5. The first kappa shape index (κ1) is 16.8. The van der Waals surface area contributed by atoms with E-state index in [-0.39, 0.29) is 23.3 Å². The van der Waals surface area contributed by atoms with E-state index >= 15 is 0 Å². The second-order valence-electron chi connectivity index (χ2n) is 8.13. The smallest absolute Gasteiger partial charge is 0.226 e. The number of aromatic nitrogens is 3. The molecule has 0 fully saturated rings. The second kappa shape index (κ2) is 5.97. The van der Waals surface area contributed by atoms with Crippen LogP contribution in [0.3, 0.4) is 0 Å². The summed E-state index contributed by atoms with van der Waals surface area (Å²) in [6.45, 7) is 8.25. The van der Waals surface area contributed by atoms with Crippen LogP contribution in [-0.2, 0) is 4.79 Å². The molecule has 1 unspecified atom stereocenters. The largest absolute Gasteiger partial charge is 0.491 e. The molecule has 2 aliphatic rings. The van der Waals surface area contributed by atoms with Crippen LogP contribution in [0, 0.1) is 5.41 Å². The Balaban J connectivity index is 1.83. The lowest BCUT2D eigenvalue weighted by Gasteiger charge is -2.38. The monoisotopic (exact) mass is 352 g/mol. The normalized spacial score (nSPS) is 21.3. The van der Waals surface area contributed by atoms with Crippen LogP contribution in [0.2, 0.25) is 0 Å². The zero-order valence-corrected chi connectivity index (χ0v) is 15.6. The van der Waals surface area contributed by atoms with Crippen molar-refractivity contribution in [1.29, 1.82) is 0 Å². The number of rotatable bonds is 3. The van der Waals surface area contributed by atoms with Gasteiger partial charge in [-0.25, -0.2) is 4.68 Å². The lowest BCUT2D eigenvalue weighted by Crippen LogP contribution is -2.36. The fraction of sp³-hybridized carbons (Fsp3) is 0.450. The van der Waals surface area contributed by atoms with Gasteiger partial charge in [0, 0.05) is 17.7 Å².